The lowest BCUT2D eigenvalue weighted by Crippen LogP contribution is -2.61. The van der Waals surface area contributed by atoms with Crippen molar-refractivity contribution in [1.29, 1.82) is 0 Å². The van der Waals surface area contributed by atoms with Gasteiger partial charge in [-0.3, -0.25) is 0 Å². The summed E-state index contributed by atoms with van der Waals surface area (Å²) in [7, 11) is 0. The molecule has 0 saturated heterocycles. The first-order valence-corrected chi connectivity index (χ1v) is 46.1. The number of benzene rings is 14. The average molecular weight is 1710 g/mol. The van der Waals surface area contributed by atoms with E-state index in [0.717, 1.165) is 139 Å². The molecule has 0 radical (unpaired) electrons. The van der Waals surface area contributed by atoms with Gasteiger partial charge in [-0.05, 0) is 238 Å². The van der Waals surface area contributed by atoms with Crippen LogP contribution in [-0.4, -0.2) is 15.8 Å². The molecule has 0 saturated carbocycles. The van der Waals surface area contributed by atoms with Crippen LogP contribution >= 0.6 is 0 Å². The van der Waals surface area contributed by atoms with Gasteiger partial charge in [0, 0.05) is 72.2 Å². The molecule has 0 amide bonds. The van der Waals surface area contributed by atoms with Crippen LogP contribution in [0.5, 0.6) is 0 Å². The molecule has 2 aliphatic rings. The molecule has 0 unspecified atom stereocenters. The van der Waals surface area contributed by atoms with E-state index in [9.17, 15) is 21.9 Å². The third-order valence-electron chi connectivity index (χ3n) is 27.1. The summed E-state index contributed by atoms with van der Waals surface area (Å²) in [6.45, 7) is 66.5. The molecule has 14 aromatic carbocycles. The molecule has 18 rings (SSSR count). The Balaban J connectivity index is 1.19. The predicted molar refractivity (Wildman–Crippen MR) is 563 cm³/mol. The van der Waals surface area contributed by atoms with Crippen LogP contribution in [0.15, 0.2) is 273 Å². The zero-order valence-corrected chi connectivity index (χ0v) is 81.6. The summed E-state index contributed by atoms with van der Waals surface area (Å²) >= 11 is 0. The number of aromatic nitrogens is 2. The van der Waals surface area contributed by atoms with Crippen molar-refractivity contribution >= 4 is 101 Å². The summed E-state index contributed by atoms with van der Waals surface area (Å²) in [6.07, 6.45) is 0. The van der Waals surface area contributed by atoms with Gasteiger partial charge >= 0.3 is 0 Å². The molecule has 2 aliphatic heterocycles. The maximum absolute atomic E-state index is 10.7. The van der Waals surface area contributed by atoms with E-state index in [1.165, 1.54) is 0 Å². The van der Waals surface area contributed by atoms with E-state index in [0.29, 0.717) is 22.7 Å². The monoisotopic (exact) mass is 1710 g/mol. The summed E-state index contributed by atoms with van der Waals surface area (Å²) in [5, 5.41) is -0.431. The van der Waals surface area contributed by atoms with Crippen LogP contribution in [0.25, 0.3) is 111 Å². The van der Waals surface area contributed by atoms with E-state index in [-0.39, 0.29) is 76.6 Å². The van der Waals surface area contributed by atoms with Gasteiger partial charge in [-0.15, -0.1) is 0 Å². The standard InChI is InChI=1S/C124H135BN4/c1-115(2,3)79-54-51-76(52-55-79)94-68-84(120(16,17)18)71-98(95-67-80(116(4,5)6)57-60-100(95)123(25,26)27)113(94)128-108-65-77(78-63-82(118(10,11)12)66-83(64-78)119(13,14)15)53-61-102(108)125-103-62-58-86(126-104-47-37-32-42-90(104)91-43-33-38-48-105(91)126)73-109(103)129(111-75-87(74-110(128)112(111)125)127-106-49-39-34-44-92(106)93-45-35-40-50-107(93)127)114-96(88-41-31-36-46-99(88)122(22,23)24)69-85(121(19,20)21)70-97(114)89-59-56-81(117(7,8)9)72-101(89)124(28,29)30/h31-75H,1-30H3/i32D,33D,34D,35D,37D,38D,39D,40D,42D,43D,44D,45D,47D,48D,49D,50D. The second-order valence-corrected chi connectivity index (χ2v) is 46.9. The molecule has 0 bridgehead atoms. The van der Waals surface area contributed by atoms with Gasteiger partial charge in [0.1, 0.15) is 0 Å². The lowest BCUT2D eigenvalue weighted by atomic mass is 9.33. The van der Waals surface area contributed by atoms with Crippen molar-refractivity contribution in [3.05, 3.63) is 328 Å². The fourth-order valence-electron chi connectivity index (χ4n) is 19.6. The Morgan fingerprint density at radius 1 is 0.225 bits per heavy atom. The minimum absolute atomic E-state index is 0.0827. The van der Waals surface area contributed by atoms with Crippen LogP contribution in [0.2, 0.25) is 0 Å². The molecule has 5 heteroatoms. The number of nitrogens with zero attached hydrogens (tertiary/aromatic N) is 4. The van der Waals surface area contributed by atoms with Crippen molar-refractivity contribution in [3.63, 3.8) is 0 Å². The van der Waals surface area contributed by atoms with E-state index in [1.54, 1.807) is 9.13 Å². The largest absolute Gasteiger partial charge is 0.310 e. The van der Waals surface area contributed by atoms with Crippen molar-refractivity contribution in [2.45, 2.75) is 262 Å². The van der Waals surface area contributed by atoms with E-state index >= 15 is 0 Å². The molecular formula is C124H135BN4. The number of fused-ring (bicyclic) bond motifs is 10. The van der Waals surface area contributed by atoms with Crippen LogP contribution in [0.3, 0.4) is 0 Å². The summed E-state index contributed by atoms with van der Waals surface area (Å²) in [5.41, 5.74) is 21.4. The highest BCUT2D eigenvalue weighted by atomic mass is 15.2. The zero-order valence-electron chi connectivity index (χ0n) is 97.6. The fourth-order valence-corrected chi connectivity index (χ4v) is 19.6. The highest BCUT2D eigenvalue weighted by Crippen LogP contribution is 2.59. The van der Waals surface area contributed by atoms with Crippen LogP contribution in [0, 0.1) is 0 Å². The first-order chi connectivity index (χ1) is 67.0. The van der Waals surface area contributed by atoms with Gasteiger partial charge in [0.15, 0.2) is 0 Å². The number of hydrogen-bond acceptors (Lipinski definition) is 2. The third kappa shape index (κ3) is 15.5. The molecule has 0 aliphatic carbocycles. The van der Waals surface area contributed by atoms with Gasteiger partial charge in [0.2, 0.25) is 0 Å². The van der Waals surface area contributed by atoms with Crippen molar-refractivity contribution in [2.75, 3.05) is 9.80 Å². The number of rotatable bonds is 9. The topological polar surface area (TPSA) is 16.3 Å². The van der Waals surface area contributed by atoms with Crippen LogP contribution in [0.1, 0.15) is 285 Å². The van der Waals surface area contributed by atoms with Crippen molar-refractivity contribution in [3.8, 4) is 67.0 Å². The van der Waals surface area contributed by atoms with Gasteiger partial charge in [-0.1, -0.05) is 402 Å². The van der Waals surface area contributed by atoms with Crippen molar-refractivity contribution in [2.24, 2.45) is 0 Å². The zero-order chi connectivity index (χ0) is 106. The smallest absolute Gasteiger partial charge is 0.252 e. The molecule has 4 nitrogen and oxygen atoms in total. The van der Waals surface area contributed by atoms with E-state index in [4.69, 9.17) is 0 Å². The quantitative estimate of drug-likeness (QED) is 0.134. The molecule has 0 spiro atoms. The first kappa shape index (κ1) is 70.3. The number of hydrogen-bond donors (Lipinski definition) is 0. The molecule has 0 fully saturated rings. The maximum atomic E-state index is 10.7. The predicted octanol–water partition coefficient (Wildman–Crippen LogP) is 33.3. The Kier molecular flexibility index (Phi) is 16.6. The van der Waals surface area contributed by atoms with Gasteiger partial charge < -0.3 is 18.9 Å². The molecule has 16 aromatic rings. The molecule has 2 aromatic heterocycles. The second kappa shape index (κ2) is 30.5. The molecule has 0 atom stereocenters. The fraction of sp³-hybridized carbons (Fsp3) is 0.323. The van der Waals surface area contributed by atoms with Gasteiger partial charge in [-0.25, -0.2) is 0 Å². The van der Waals surface area contributed by atoms with Crippen LogP contribution in [0.4, 0.5) is 34.1 Å². The Bertz CT molecular complexity index is 8040. The Labute approximate surface area is 794 Å². The van der Waals surface area contributed by atoms with Gasteiger partial charge in [0.05, 0.1) is 61.1 Å². The Morgan fingerprint density at radius 3 is 1.02 bits per heavy atom. The van der Waals surface area contributed by atoms with Crippen LogP contribution in [-0.2, 0) is 54.1 Å². The minimum Gasteiger partial charge on any atom is -0.310 e. The third-order valence-corrected chi connectivity index (χ3v) is 27.1. The lowest BCUT2D eigenvalue weighted by molar-refractivity contribution is 0.568. The van der Waals surface area contributed by atoms with Crippen molar-refractivity contribution < 1.29 is 21.9 Å². The van der Waals surface area contributed by atoms with Gasteiger partial charge in [0.25, 0.3) is 6.71 Å². The highest BCUT2D eigenvalue weighted by molar-refractivity contribution is 7.00. The molecule has 4 heterocycles. The van der Waals surface area contributed by atoms with E-state index in [1.807, 2.05) is 18.2 Å². The molecule has 654 valence electrons. The summed E-state index contributed by atoms with van der Waals surface area (Å²) in [4.78, 5) is 4.80. The van der Waals surface area contributed by atoms with E-state index in [2.05, 4.69) is 375 Å². The summed E-state index contributed by atoms with van der Waals surface area (Å²) < 4.78 is 163. The minimum atomic E-state index is -0.869. The lowest BCUT2D eigenvalue weighted by Gasteiger charge is -2.46. The molecular weight excluding hydrogens is 1560 g/mol. The first-order valence-electron chi connectivity index (χ1n) is 54.1. The van der Waals surface area contributed by atoms with Gasteiger partial charge in [-0.2, -0.15) is 0 Å². The normalized spacial score (nSPS) is 15.5. The highest BCUT2D eigenvalue weighted by Gasteiger charge is 2.48. The SMILES string of the molecule is [2H]c1c([2H])c([2H])c2c(c1[2H])c1c([2H])c([2H])c([2H])c([2H])c1n2-c1ccc2c(c1)N(c1c(-c3ccccc3C(C)(C)C)cc(C(C)(C)C)cc1-c1ccc(C(C)(C)C)cc1C(C)(C)C)c1cc(-n3c4c([2H])c([2H])c([2H])c([2H])c4c4c([2H])c([2H])c([2H])c([2H])c43)cc3c1B2c1ccc(-c2cc(C(C)(C)C)cc(C(C)(C)C)c2)cc1N3c1c(-c2ccc(C(C)(C)C)cc2)cc(C(C)(C)C)cc1-c1cc(C(C)(C)C)ccc1C(C)(C)C. The maximum Gasteiger partial charge on any atom is 0.252 e. The second-order valence-electron chi connectivity index (χ2n) is 46.9. The Morgan fingerprint density at radius 2 is 0.566 bits per heavy atom. The summed E-state index contributed by atoms with van der Waals surface area (Å²) in [6, 6.07) is 56.3. The van der Waals surface area contributed by atoms with E-state index < -0.39 is 136 Å². The Hall–Kier alpha value is -11.7. The summed E-state index contributed by atoms with van der Waals surface area (Å²) in [5.74, 6) is 0. The average Bonchev–Trinajstić information content (AvgIpc) is 1.61. The number of para-hydroxylation sites is 4. The molecule has 0 N–H and O–H groups in total. The van der Waals surface area contributed by atoms with Crippen LogP contribution < -0.4 is 26.2 Å². The number of anilines is 6. The molecule has 129 heavy (non-hydrogen) atoms. The van der Waals surface area contributed by atoms with Crippen molar-refractivity contribution in [1.82, 2.24) is 9.13 Å².